The van der Waals surface area contributed by atoms with Crippen molar-refractivity contribution in [2.24, 2.45) is 0 Å². The van der Waals surface area contributed by atoms with E-state index in [1.54, 1.807) is 0 Å². The third-order valence-corrected chi connectivity index (χ3v) is 16.9. The number of hydrogen-bond acceptors (Lipinski definition) is 3. The van der Waals surface area contributed by atoms with E-state index in [1.165, 1.54) is 97.7 Å². The summed E-state index contributed by atoms with van der Waals surface area (Å²) in [7, 11) is 0. The summed E-state index contributed by atoms with van der Waals surface area (Å²) in [5.74, 6) is 1.80. The second-order valence-electron chi connectivity index (χ2n) is 19.9. The average Bonchev–Trinajstić information content (AvgIpc) is 3.99. The SMILES string of the molecule is CC1(C)c2ccccc2Oc2cc(N(c3cc4c(c(C5(c6ccccc6)c6ccccc6-c6ccccc65)c3)C(C)(C)c3ccccc3-4)c3cccc4sc5c6ccccc6ccc5c34)ccc21. The summed E-state index contributed by atoms with van der Waals surface area (Å²) < 4.78 is 9.52. The highest BCUT2D eigenvalue weighted by Gasteiger charge is 2.51. The Balaban J connectivity index is 1.13. The van der Waals surface area contributed by atoms with Crippen molar-refractivity contribution in [2.75, 3.05) is 4.90 Å². The number of anilines is 3. The third kappa shape index (κ3) is 5.23. The first kappa shape index (κ1) is 39.4. The first-order valence-corrected chi connectivity index (χ1v) is 24.6. The molecule has 68 heavy (non-hydrogen) atoms. The van der Waals surface area contributed by atoms with E-state index in [4.69, 9.17) is 4.74 Å². The summed E-state index contributed by atoms with van der Waals surface area (Å²) in [6, 6.07) is 79.6. The monoisotopic (exact) mass is 889 g/mol. The molecule has 1 aliphatic heterocycles. The number of ether oxygens (including phenoxy) is 1. The van der Waals surface area contributed by atoms with Crippen LogP contribution in [0.4, 0.5) is 17.1 Å². The molecular weight excluding hydrogens is 843 g/mol. The van der Waals surface area contributed by atoms with E-state index in [0.717, 1.165) is 28.6 Å². The Morgan fingerprint density at radius 2 is 1.04 bits per heavy atom. The molecular formula is C65H47NOS. The molecule has 2 heterocycles. The second kappa shape index (κ2) is 14.2. The molecule has 11 aromatic rings. The molecule has 0 saturated heterocycles. The molecule has 3 heteroatoms. The van der Waals surface area contributed by atoms with Crippen molar-refractivity contribution in [2.45, 2.75) is 43.9 Å². The van der Waals surface area contributed by atoms with Crippen molar-refractivity contribution in [3.63, 3.8) is 0 Å². The predicted molar refractivity (Wildman–Crippen MR) is 285 cm³/mol. The Bertz CT molecular complexity index is 3860. The van der Waals surface area contributed by atoms with E-state index >= 15 is 0 Å². The zero-order chi connectivity index (χ0) is 45.5. The van der Waals surface area contributed by atoms with Gasteiger partial charge < -0.3 is 9.64 Å². The maximum Gasteiger partial charge on any atom is 0.133 e. The normalized spacial score (nSPS) is 15.2. The molecule has 2 aliphatic carbocycles. The highest BCUT2D eigenvalue weighted by atomic mass is 32.1. The quantitative estimate of drug-likeness (QED) is 0.171. The summed E-state index contributed by atoms with van der Waals surface area (Å²) in [5, 5.41) is 5.06. The first-order chi connectivity index (χ1) is 33.2. The predicted octanol–water partition coefficient (Wildman–Crippen LogP) is 17.8. The minimum absolute atomic E-state index is 0.250. The van der Waals surface area contributed by atoms with Gasteiger partial charge in [0.1, 0.15) is 11.5 Å². The topological polar surface area (TPSA) is 12.5 Å². The Kier molecular flexibility index (Phi) is 8.21. The molecule has 0 N–H and O–H groups in total. The summed E-state index contributed by atoms with van der Waals surface area (Å²) in [6.45, 7) is 9.51. The number of para-hydroxylation sites is 1. The number of thiophene rings is 1. The van der Waals surface area contributed by atoms with Gasteiger partial charge in [-0.05, 0) is 103 Å². The van der Waals surface area contributed by atoms with Crippen LogP contribution in [0.25, 0.3) is 53.2 Å². The van der Waals surface area contributed by atoms with Crippen LogP contribution in [0.5, 0.6) is 11.5 Å². The second-order valence-corrected chi connectivity index (χ2v) is 21.0. The van der Waals surface area contributed by atoms with E-state index in [9.17, 15) is 0 Å². The van der Waals surface area contributed by atoms with Crippen LogP contribution in [0.2, 0.25) is 0 Å². The summed E-state index contributed by atoms with van der Waals surface area (Å²) in [4.78, 5) is 2.55. The molecule has 2 nitrogen and oxygen atoms in total. The van der Waals surface area contributed by atoms with Crippen LogP contribution in [0.3, 0.4) is 0 Å². The highest BCUT2D eigenvalue weighted by Crippen LogP contribution is 2.63. The fourth-order valence-electron chi connectivity index (χ4n) is 12.8. The molecule has 0 fully saturated rings. The van der Waals surface area contributed by atoms with E-state index < -0.39 is 5.41 Å². The maximum absolute atomic E-state index is 6.95. The Morgan fingerprint density at radius 1 is 0.412 bits per heavy atom. The van der Waals surface area contributed by atoms with Gasteiger partial charge in [0.2, 0.25) is 0 Å². The minimum atomic E-state index is -0.633. The fourth-order valence-corrected chi connectivity index (χ4v) is 14.0. The number of rotatable bonds is 5. The molecule has 0 radical (unpaired) electrons. The zero-order valence-corrected chi connectivity index (χ0v) is 39.3. The van der Waals surface area contributed by atoms with Crippen LogP contribution in [-0.4, -0.2) is 0 Å². The van der Waals surface area contributed by atoms with Crippen molar-refractivity contribution in [3.8, 4) is 33.8 Å². The van der Waals surface area contributed by atoms with Crippen LogP contribution < -0.4 is 9.64 Å². The lowest BCUT2D eigenvalue weighted by Crippen LogP contribution is -2.33. The minimum Gasteiger partial charge on any atom is -0.457 e. The third-order valence-electron chi connectivity index (χ3n) is 15.7. The van der Waals surface area contributed by atoms with Gasteiger partial charge in [-0.3, -0.25) is 0 Å². The number of nitrogens with zero attached hydrogens (tertiary/aromatic N) is 1. The van der Waals surface area contributed by atoms with Crippen LogP contribution in [-0.2, 0) is 16.2 Å². The van der Waals surface area contributed by atoms with Crippen molar-refractivity contribution in [3.05, 3.63) is 257 Å². The summed E-state index contributed by atoms with van der Waals surface area (Å²) in [5.41, 5.74) is 17.5. The average molecular weight is 890 g/mol. The Hall–Kier alpha value is -7.72. The smallest absolute Gasteiger partial charge is 0.133 e. The van der Waals surface area contributed by atoms with Crippen molar-refractivity contribution in [1.29, 1.82) is 0 Å². The van der Waals surface area contributed by atoms with Crippen LogP contribution in [0.15, 0.2) is 212 Å². The van der Waals surface area contributed by atoms with Gasteiger partial charge in [0, 0.05) is 59.6 Å². The van der Waals surface area contributed by atoms with Crippen molar-refractivity contribution >= 4 is 59.3 Å². The number of benzene rings is 10. The number of fused-ring (bicyclic) bond motifs is 13. The number of hydrogen-bond donors (Lipinski definition) is 0. The van der Waals surface area contributed by atoms with Crippen LogP contribution in [0.1, 0.15) is 72.2 Å². The standard InChI is InChI=1S/C65H47NOS/c1-63(2)53-29-16-17-31-57(53)67-58-39-42(34-36-54(58)63)66(56-30-18-32-59-60(56)48-35-33-40-19-8-9-22-44(40)62(48)68-59)43-37-49-47-25-10-13-26-50(47)64(3,4)61(49)55(38-43)65(41-20-6-5-7-21-41)51-27-14-11-23-45(51)46-24-12-15-28-52(46)65/h5-39H,1-4H3. The molecule has 1 aromatic heterocycles. The van der Waals surface area contributed by atoms with Gasteiger partial charge in [-0.1, -0.05) is 198 Å². The van der Waals surface area contributed by atoms with Gasteiger partial charge in [0.25, 0.3) is 0 Å². The fraction of sp³-hybridized carbons (Fsp3) is 0.108. The zero-order valence-electron chi connectivity index (χ0n) is 38.5. The van der Waals surface area contributed by atoms with E-state index in [1.807, 2.05) is 11.3 Å². The maximum atomic E-state index is 6.95. The molecule has 10 aromatic carbocycles. The lowest BCUT2D eigenvalue weighted by Gasteiger charge is -2.39. The molecule has 0 atom stereocenters. The van der Waals surface area contributed by atoms with Gasteiger partial charge >= 0.3 is 0 Å². The van der Waals surface area contributed by atoms with Gasteiger partial charge in [-0.15, -0.1) is 11.3 Å². The van der Waals surface area contributed by atoms with E-state index in [2.05, 4.69) is 245 Å². The lowest BCUT2D eigenvalue weighted by atomic mass is 9.63. The molecule has 0 spiro atoms. The molecule has 0 bridgehead atoms. The van der Waals surface area contributed by atoms with Crippen LogP contribution in [0, 0.1) is 0 Å². The summed E-state index contributed by atoms with van der Waals surface area (Å²) >= 11 is 1.89. The van der Waals surface area contributed by atoms with Crippen molar-refractivity contribution in [1.82, 2.24) is 0 Å². The first-order valence-electron chi connectivity index (χ1n) is 23.8. The molecule has 14 rings (SSSR count). The largest absolute Gasteiger partial charge is 0.457 e. The van der Waals surface area contributed by atoms with Gasteiger partial charge in [0.05, 0.1) is 11.1 Å². The Morgan fingerprint density at radius 3 is 1.81 bits per heavy atom. The van der Waals surface area contributed by atoms with Gasteiger partial charge in [-0.2, -0.15) is 0 Å². The highest BCUT2D eigenvalue weighted by molar-refractivity contribution is 7.26. The molecule has 324 valence electrons. The lowest BCUT2D eigenvalue weighted by molar-refractivity contribution is 0.418. The van der Waals surface area contributed by atoms with E-state index in [0.29, 0.717) is 0 Å². The molecule has 0 amide bonds. The van der Waals surface area contributed by atoms with Gasteiger partial charge in [-0.25, -0.2) is 0 Å². The summed E-state index contributed by atoms with van der Waals surface area (Å²) in [6.07, 6.45) is 0. The van der Waals surface area contributed by atoms with E-state index in [-0.39, 0.29) is 10.8 Å². The van der Waals surface area contributed by atoms with Crippen LogP contribution >= 0.6 is 11.3 Å². The molecule has 0 saturated carbocycles. The molecule has 3 aliphatic rings. The van der Waals surface area contributed by atoms with Gasteiger partial charge in [0.15, 0.2) is 0 Å². The Labute approximate surface area is 401 Å². The van der Waals surface area contributed by atoms with Crippen molar-refractivity contribution < 1.29 is 4.74 Å². The molecule has 0 unspecified atom stereocenters.